The second-order valence-corrected chi connectivity index (χ2v) is 6.16. The molecule has 20 heavy (non-hydrogen) atoms. The van der Waals surface area contributed by atoms with Crippen molar-refractivity contribution in [2.24, 2.45) is 11.7 Å². The number of nitrogens with zero attached hydrogens (tertiary/aromatic N) is 1. The maximum atomic E-state index is 13.6. The van der Waals surface area contributed by atoms with Crippen LogP contribution in [0.2, 0.25) is 0 Å². The van der Waals surface area contributed by atoms with E-state index in [0.717, 1.165) is 19.3 Å². The molecule has 0 radical (unpaired) electrons. The molecule has 0 heterocycles. The van der Waals surface area contributed by atoms with Gasteiger partial charge in [0.25, 0.3) is 5.91 Å². The van der Waals surface area contributed by atoms with Gasteiger partial charge < -0.3 is 10.6 Å². The van der Waals surface area contributed by atoms with Crippen molar-refractivity contribution in [3.05, 3.63) is 34.1 Å². The van der Waals surface area contributed by atoms with Crippen LogP contribution in [0, 0.1) is 11.7 Å². The Morgan fingerprint density at radius 2 is 2.15 bits per heavy atom. The van der Waals surface area contributed by atoms with E-state index in [0.29, 0.717) is 18.0 Å². The molecule has 110 valence electrons. The quantitative estimate of drug-likeness (QED) is 0.916. The molecule has 0 aromatic heterocycles. The van der Waals surface area contributed by atoms with E-state index in [1.165, 1.54) is 12.5 Å². The highest BCUT2D eigenvalue weighted by Crippen LogP contribution is 2.29. The zero-order valence-electron chi connectivity index (χ0n) is 11.6. The van der Waals surface area contributed by atoms with Gasteiger partial charge in [-0.05, 0) is 53.4 Å². The molecule has 1 amide bonds. The molecule has 1 saturated carbocycles. The minimum Gasteiger partial charge on any atom is -0.338 e. The lowest BCUT2D eigenvalue weighted by molar-refractivity contribution is 0.0619. The third kappa shape index (κ3) is 3.04. The van der Waals surface area contributed by atoms with E-state index in [2.05, 4.69) is 15.9 Å². The Morgan fingerprint density at radius 1 is 1.45 bits per heavy atom. The molecule has 5 heteroatoms. The molecule has 2 atom stereocenters. The van der Waals surface area contributed by atoms with Crippen LogP contribution in [0.25, 0.3) is 0 Å². The molecule has 1 aliphatic rings. The molecule has 3 nitrogen and oxygen atoms in total. The largest absolute Gasteiger partial charge is 0.338 e. The van der Waals surface area contributed by atoms with E-state index < -0.39 is 5.82 Å². The van der Waals surface area contributed by atoms with E-state index in [-0.39, 0.29) is 16.4 Å². The predicted molar refractivity (Wildman–Crippen MR) is 81.0 cm³/mol. The van der Waals surface area contributed by atoms with Gasteiger partial charge in [-0.2, -0.15) is 0 Å². The van der Waals surface area contributed by atoms with Crippen LogP contribution in [0.4, 0.5) is 4.39 Å². The van der Waals surface area contributed by atoms with Gasteiger partial charge in [-0.15, -0.1) is 0 Å². The average Bonchev–Trinajstić information content (AvgIpc) is 2.48. The minimum atomic E-state index is -0.414. The zero-order valence-corrected chi connectivity index (χ0v) is 13.2. The highest BCUT2D eigenvalue weighted by Gasteiger charge is 2.31. The van der Waals surface area contributed by atoms with Crippen molar-refractivity contribution in [3.63, 3.8) is 0 Å². The summed E-state index contributed by atoms with van der Waals surface area (Å²) in [7, 11) is 1.79. The van der Waals surface area contributed by atoms with Crippen molar-refractivity contribution >= 4 is 21.8 Å². The smallest absolute Gasteiger partial charge is 0.255 e. The molecular formula is C15H20BrFN2O. The molecule has 0 saturated heterocycles. The van der Waals surface area contributed by atoms with E-state index in [9.17, 15) is 9.18 Å². The highest BCUT2D eigenvalue weighted by molar-refractivity contribution is 9.10. The second-order valence-electron chi connectivity index (χ2n) is 5.37. The number of rotatable bonds is 3. The lowest BCUT2D eigenvalue weighted by Gasteiger charge is -2.37. The van der Waals surface area contributed by atoms with Crippen LogP contribution in [0.5, 0.6) is 0 Å². The van der Waals surface area contributed by atoms with Crippen molar-refractivity contribution in [2.45, 2.75) is 31.7 Å². The summed E-state index contributed by atoms with van der Waals surface area (Å²) < 4.78 is 13.8. The van der Waals surface area contributed by atoms with Crippen LogP contribution in [0.3, 0.4) is 0 Å². The first-order valence-corrected chi connectivity index (χ1v) is 7.76. The topological polar surface area (TPSA) is 46.3 Å². The fraction of sp³-hybridized carbons (Fsp3) is 0.533. The number of nitrogens with two attached hydrogens (primary N) is 1. The summed E-state index contributed by atoms with van der Waals surface area (Å²) in [6.07, 6.45) is 4.31. The summed E-state index contributed by atoms with van der Waals surface area (Å²) in [6, 6.07) is 4.69. The lowest BCUT2D eigenvalue weighted by Crippen LogP contribution is -2.46. The van der Waals surface area contributed by atoms with Crippen LogP contribution in [-0.2, 0) is 0 Å². The number of halogens is 2. The first-order valence-electron chi connectivity index (χ1n) is 6.97. The minimum absolute atomic E-state index is 0.149. The fourth-order valence-electron chi connectivity index (χ4n) is 2.98. The Balaban J connectivity index is 2.21. The van der Waals surface area contributed by atoms with Crippen molar-refractivity contribution in [1.82, 2.24) is 4.90 Å². The summed E-state index contributed by atoms with van der Waals surface area (Å²) in [6.45, 7) is 0.590. The van der Waals surface area contributed by atoms with Crippen molar-refractivity contribution in [3.8, 4) is 0 Å². The summed E-state index contributed by atoms with van der Waals surface area (Å²) in [4.78, 5) is 14.3. The molecule has 0 bridgehead atoms. The monoisotopic (exact) mass is 342 g/mol. The molecule has 2 rings (SSSR count). The SMILES string of the molecule is CN(C(=O)c1cccc(F)c1Br)C1CCCCC1CN. The summed E-state index contributed by atoms with van der Waals surface area (Å²) in [5, 5.41) is 0. The molecule has 1 aliphatic carbocycles. The summed E-state index contributed by atoms with van der Waals surface area (Å²) in [5.74, 6) is -0.227. The van der Waals surface area contributed by atoms with Crippen LogP contribution < -0.4 is 5.73 Å². The van der Waals surface area contributed by atoms with Gasteiger partial charge in [0, 0.05) is 13.1 Å². The van der Waals surface area contributed by atoms with Crippen LogP contribution in [-0.4, -0.2) is 30.4 Å². The van der Waals surface area contributed by atoms with Gasteiger partial charge >= 0.3 is 0 Å². The summed E-state index contributed by atoms with van der Waals surface area (Å²) >= 11 is 3.16. The molecule has 1 aromatic rings. The van der Waals surface area contributed by atoms with E-state index in [1.807, 2.05) is 0 Å². The van der Waals surface area contributed by atoms with Crippen LogP contribution in [0.1, 0.15) is 36.0 Å². The normalized spacial score (nSPS) is 22.6. The third-order valence-electron chi connectivity index (χ3n) is 4.17. The van der Waals surface area contributed by atoms with Crippen molar-refractivity contribution in [2.75, 3.05) is 13.6 Å². The third-order valence-corrected chi connectivity index (χ3v) is 4.98. The Hall–Kier alpha value is -0.940. The number of benzene rings is 1. The number of hydrogen-bond acceptors (Lipinski definition) is 2. The zero-order chi connectivity index (χ0) is 14.7. The molecule has 1 fully saturated rings. The molecule has 0 aliphatic heterocycles. The van der Waals surface area contributed by atoms with Gasteiger partial charge in [0.05, 0.1) is 10.0 Å². The van der Waals surface area contributed by atoms with Crippen molar-refractivity contribution in [1.29, 1.82) is 0 Å². The Kier molecular flexibility index (Phi) is 5.16. The molecule has 2 unspecified atom stereocenters. The van der Waals surface area contributed by atoms with Gasteiger partial charge in [-0.1, -0.05) is 18.9 Å². The standard InChI is InChI=1S/C15H20BrFN2O/c1-19(13-8-3-2-5-10(13)9-18)15(20)11-6-4-7-12(17)14(11)16/h4,6-7,10,13H,2-3,5,8-9,18H2,1H3. The maximum Gasteiger partial charge on any atom is 0.255 e. The molecular weight excluding hydrogens is 323 g/mol. The summed E-state index contributed by atoms with van der Waals surface area (Å²) in [5.41, 5.74) is 6.19. The maximum absolute atomic E-state index is 13.6. The van der Waals surface area contributed by atoms with Gasteiger partial charge in [0.1, 0.15) is 5.82 Å². The van der Waals surface area contributed by atoms with E-state index in [4.69, 9.17) is 5.73 Å². The van der Waals surface area contributed by atoms with Gasteiger partial charge in [0.15, 0.2) is 0 Å². The Morgan fingerprint density at radius 3 is 2.85 bits per heavy atom. The van der Waals surface area contributed by atoms with Crippen LogP contribution >= 0.6 is 15.9 Å². The lowest BCUT2D eigenvalue weighted by atomic mass is 9.83. The number of carbonyl (C=O) groups is 1. The number of hydrogen-bond donors (Lipinski definition) is 1. The van der Waals surface area contributed by atoms with E-state index in [1.54, 1.807) is 24.1 Å². The first-order chi connectivity index (χ1) is 9.56. The molecule has 1 aromatic carbocycles. The van der Waals surface area contributed by atoms with Gasteiger partial charge in [0.2, 0.25) is 0 Å². The van der Waals surface area contributed by atoms with Gasteiger partial charge in [-0.3, -0.25) is 4.79 Å². The molecule has 2 N–H and O–H groups in total. The van der Waals surface area contributed by atoms with Gasteiger partial charge in [-0.25, -0.2) is 4.39 Å². The predicted octanol–water partition coefficient (Wildman–Crippen LogP) is 3.18. The van der Waals surface area contributed by atoms with Crippen molar-refractivity contribution < 1.29 is 9.18 Å². The Labute approximate surface area is 127 Å². The Bertz CT molecular complexity index is 495. The number of amides is 1. The average molecular weight is 343 g/mol. The number of carbonyl (C=O) groups excluding carboxylic acids is 1. The highest BCUT2D eigenvalue weighted by atomic mass is 79.9. The van der Waals surface area contributed by atoms with E-state index >= 15 is 0 Å². The second kappa shape index (κ2) is 6.68. The fourth-order valence-corrected chi connectivity index (χ4v) is 3.42. The first kappa shape index (κ1) is 15.4. The van der Waals surface area contributed by atoms with Crippen LogP contribution in [0.15, 0.2) is 22.7 Å². The molecule has 0 spiro atoms.